The molecule has 136 valence electrons. The van der Waals surface area contributed by atoms with Gasteiger partial charge in [0.1, 0.15) is 18.2 Å². The number of fused-ring (bicyclic) bond motifs is 3. The Morgan fingerprint density at radius 3 is 2.81 bits per heavy atom. The molecule has 0 spiro atoms. The third-order valence-electron chi connectivity index (χ3n) is 4.75. The maximum absolute atomic E-state index is 12.7. The second kappa shape index (κ2) is 6.96. The summed E-state index contributed by atoms with van der Waals surface area (Å²) in [6.45, 7) is 2.20. The molecule has 3 aromatic rings. The summed E-state index contributed by atoms with van der Waals surface area (Å²) in [5, 5.41) is 4.09. The van der Waals surface area contributed by atoms with Gasteiger partial charge in [0.25, 0.3) is 0 Å². The molecule has 0 bridgehead atoms. The molecule has 2 aromatic heterocycles. The minimum Gasteiger partial charge on any atom is -0.478 e. The second-order valence-electron chi connectivity index (χ2n) is 6.53. The number of carbonyl (C=O) groups excluding carboxylic acids is 1. The number of allylic oxidation sites excluding steroid dienone is 1. The molecule has 0 amide bonds. The quantitative estimate of drug-likeness (QED) is 0.594. The van der Waals surface area contributed by atoms with E-state index < -0.39 is 0 Å². The molecule has 27 heavy (non-hydrogen) atoms. The summed E-state index contributed by atoms with van der Waals surface area (Å²) in [5.74, 6) is 1.79. The Hall–Kier alpha value is -2.41. The van der Waals surface area contributed by atoms with Gasteiger partial charge in [0, 0.05) is 28.9 Å². The van der Waals surface area contributed by atoms with E-state index in [0.29, 0.717) is 23.8 Å². The lowest BCUT2D eigenvalue weighted by Gasteiger charge is -2.29. The third-order valence-corrected chi connectivity index (χ3v) is 6.51. The number of Topliss-reactive ketones (excluding diaryl/α,β-unsaturated/α-hetero) is 1. The Kier molecular flexibility index (Phi) is 4.32. The molecular weight excluding hydrogens is 378 g/mol. The molecule has 0 aliphatic carbocycles. The minimum atomic E-state index is -0.0584. The van der Waals surface area contributed by atoms with Gasteiger partial charge in [-0.1, -0.05) is 12.1 Å². The molecule has 5 rings (SSSR count). The zero-order valence-electron chi connectivity index (χ0n) is 14.5. The van der Waals surface area contributed by atoms with Crippen molar-refractivity contribution < 1.29 is 14.3 Å². The molecule has 4 nitrogen and oxygen atoms in total. The second-order valence-corrected chi connectivity index (χ2v) is 8.54. The van der Waals surface area contributed by atoms with Gasteiger partial charge < -0.3 is 9.47 Å². The van der Waals surface area contributed by atoms with E-state index in [-0.39, 0.29) is 5.78 Å². The zero-order chi connectivity index (χ0) is 18.2. The van der Waals surface area contributed by atoms with Crippen molar-refractivity contribution in [2.45, 2.75) is 13.0 Å². The number of benzene rings is 1. The fourth-order valence-corrected chi connectivity index (χ4v) is 4.72. The standard InChI is InChI=1S/C21H17NO3S2/c23-20-16-5-6-18-17(21(16)25-19(20)11-15-4-2-10-27-15)12-22(13-24-18)8-7-14-3-1-9-26-14/h1-6,9-11H,7-8,12-13H2/b19-11-. The van der Waals surface area contributed by atoms with Crippen LogP contribution in [0.4, 0.5) is 0 Å². The average molecular weight is 396 g/mol. The van der Waals surface area contributed by atoms with Crippen LogP contribution in [0.2, 0.25) is 0 Å². The first-order valence-electron chi connectivity index (χ1n) is 8.79. The highest BCUT2D eigenvalue weighted by atomic mass is 32.1. The maximum atomic E-state index is 12.7. The van der Waals surface area contributed by atoms with Crippen LogP contribution in [-0.2, 0) is 13.0 Å². The summed E-state index contributed by atoms with van der Waals surface area (Å²) in [6.07, 6.45) is 2.81. The van der Waals surface area contributed by atoms with Gasteiger partial charge in [0.2, 0.25) is 5.78 Å². The van der Waals surface area contributed by atoms with Crippen LogP contribution in [-0.4, -0.2) is 24.0 Å². The maximum Gasteiger partial charge on any atom is 0.232 e. The van der Waals surface area contributed by atoms with Gasteiger partial charge in [-0.3, -0.25) is 9.69 Å². The lowest BCUT2D eigenvalue weighted by molar-refractivity contribution is 0.0951. The van der Waals surface area contributed by atoms with Gasteiger partial charge in [-0.25, -0.2) is 0 Å². The Balaban J connectivity index is 1.39. The van der Waals surface area contributed by atoms with Crippen LogP contribution < -0.4 is 9.47 Å². The van der Waals surface area contributed by atoms with E-state index >= 15 is 0 Å². The fraction of sp³-hybridized carbons (Fsp3) is 0.190. The van der Waals surface area contributed by atoms with Crippen LogP contribution in [0.3, 0.4) is 0 Å². The summed E-state index contributed by atoms with van der Waals surface area (Å²) in [6, 6.07) is 11.9. The molecule has 4 heterocycles. The van der Waals surface area contributed by atoms with Gasteiger partial charge in [0.15, 0.2) is 5.76 Å². The SMILES string of the molecule is O=C1/C(=C/c2cccs2)Oc2c1ccc1c2CN(CCc2cccs2)CO1. The zero-order valence-corrected chi connectivity index (χ0v) is 16.1. The largest absolute Gasteiger partial charge is 0.478 e. The van der Waals surface area contributed by atoms with Gasteiger partial charge >= 0.3 is 0 Å². The Morgan fingerprint density at radius 1 is 1.11 bits per heavy atom. The lowest BCUT2D eigenvalue weighted by Crippen LogP contribution is -2.33. The summed E-state index contributed by atoms with van der Waals surface area (Å²) in [7, 11) is 0. The molecule has 0 N–H and O–H groups in total. The van der Waals surface area contributed by atoms with E-state index in [9.17, 15) is 4.79 Å². The highest BCUT2D eigenvalue weighted by Gasteiger charge is 2.33. The molecule has 2 aliphatic rings. The normalized spacial score (nSPS) is 17.5. The van der Waals surface area contributed by atoms with Gasteiger partial charge in [0.05, 0.1) is 11.1 Å². The number of rotatable bonds is 4. The van der Waals surface area contributed by atoms with Crippen LogP contribution >= 0.6 is 22.7 Å². The number of hydrogen-bond donors (Lipinski definition) is 0. The number of hydrogen-bond acceptors (Lipinski definition) is 6. The highest BCUT2D eigenvalue weighted by Crippen LogP contribution is 2.42. The molecule has 0 unspecified atom stereocenters. The molecule has 0 saturated heterocycles. The van der Waals surface area contributed by atoms with Crippen LogP contribution in [0.1, 0.15) is 25.7 Å². The summed E-state index contributed by atoms with van der Waals surface area (Å²) in [4.78, 5) is 17.4. The van der Waals surface area contributed by atoms with Crippen molar-refractivity contribution in [3.05, 3.63) is 73.8 Å². The molecule has 2 aliphatic heterocycles. The lowest BCUT2D eigenvalue weighted by atomic mass is 10.0. The molecule has 0 saturated carbocycles. The van der Waals surface area contributed by atoms with Crippen molar-refractivity contribution >= 4 is 34.5 Å². The van der Waals surface area contributed by atoms with E-state index in [1.54, 1.807) is 22.7 Å². The van der Waals surface area contributed by atoms with Crippen LogP contribution in [0.15, 0.2) is 52.9 Å². The van der Waals surface area contributed by atoms with E-state index in [1.807, 2.05) is 35.7 Å². The Labute approximate surface area is 165 Å². The van der Waals surface area contributed by atoms with Crippen molar-refractivity contribution in [2.24, 2.45) is 0 Å². The van der Waals surface area contributed by atoms with E-state index in [4.69, 9.17) is 9.47 Å². The first-order valence-corrected chi connectivity index (χ1v) is 10.5. The van der Waals surface area contributed by atoms with E-state index in [0.717, 1.165) is 35.7 Å². The molecule has 0 atom stereocenters. The molecule has 1 aromatic carbocycles. The summed E-state index contributed by atoms with van der Waals surface area (Å²) >= 11 is 3.36. The van der Waals surface area contributed by atoms with Gasteiger partial charge in [-0.05, 0) is 41.4 Å². The van der Waals surface area contributed by atoms with Crippen molar-refractivity contribution in [1.29, 1.82) is 0 Å². The average Bonchev–Trinajstić information content (AvgIpc) is 3.44. The summed E-state index contributed by atoms with van der Waals surface area (Å²) in [5.41, 5.74) is 1.59. The van der Waals surface area contributed by atoms with E-state index in [1.165, 1.54) is 4.88 Å². The first kappa shape index (κ1) is 16.7. The van der Waals surface area contributed by atoms with Crippen molar-refractivity contribution in [2.75, 3.05) is 13.3 Å². The fourth-order valence-electron chi connectivity index (χ4n) is 3.37. The van der Waals surface area contributed by atoms with Gasteiger partial charge in [-0.15, -0.1) is 22.7 Å². The van der Waals surface area contributed by atoms with Crippen LogP contribution in [0, 0.1) is 0 Å². The van der Waals surface area contributed by atoms with E-state index in [2.05, 4.69) is 22.4 Å². The predicted molar refractivity (Wildman–Crippen MR) is 108 cm³/mol. The number of ether oxygens (including phenoxy) is 2. The van der Waals surface area contributed by atoms with Gasteiger partial charge in [-0.2, -0.15) is 0 Å². The predicted octanol–water partition coefficient (Wildman–Crippen LogP) is 4.82. The van der Waals surface area contributed by atoms with Crippen molar-refractivity contribution in [1.82, 2.24) is 4.90 Å². The Bertz CT molecular complexity index is 1010. The molecule has 6 heteroatoms. The first-order chi connectivity index (χ1) is 13.3. The minimum absolute atomic E-state index is 0.0584. The summed E-state index contributed by atoms with van der Waals surface area (Å²) < 4.78 is 11.9. The third kappa shape index (κ3) is 3.20. The van der Waals surface area contributed by atoms with Crippen LogP contribution in [0.5, 0.6) is 11.5 Å². The van der Waals surface area contributed by atoms with Crippen molar-refractivity contribution in [3.63, 3.8) is 0 Å². The number of carbonyl (C=O) groups is 1. The molecule has 0 fully saturated rings. The number of thiophene rings is 2. The number of nitrogens with zero attached hydrogens (tertiary/aromatic N) is 1. The smallest absolute Gasteiger partial charge is 0.232 e. The number of ketones is 1. The molecular formula is C21H17NO3S2. The molecule has 0 radical (unpaired) electrons. The Morgan fingerprint density at radius 2 is 2.00 bits per heavy atom. The highest BCUT2D eigenvalue weighted by molar-refractivity contribution is 7.10. The topological polar surface area (TPSA) is 38.8 Å². The van der Waals surface area contributed by atoms with Crippen LogP contribution in [0.25, 0.3) is 6.08 Å². The monoisotopic (exact) mass is 395 g/mol. The van der Waals surface area contributed by atoms with Crippen molar-refractivity contribution in [3.8, 4) is 11.5 Å².